The summed E-state index contributed by atoms with van der Waals surface area (Å²) in [6, 6.07) is 1.93. The molecule has 5 nitrogen and oxygen atoms in total. The molecule has 2 rings (SSSR count). The fourth-order valence-electron chi connectivity index (χ4n) is 2.24. The molecule has 0 radical (unpaired) electrons. The van der Waals surface area contributed by atoms with Crippen LogP contribution in [-0.4, -0.2) is 26.6 Å². The lowest BCUT2D eigenvalue weighted by molar-refractivity contribution is 0.0951. The van der Waals surface area contributed by atoms with Crippen LogP contribution in [0.1, 0.15) is 33.1 Å². The lowest BCUT2D eigenvalue weighted by Crippen LogP contribution is -2.27. The van der Waals surface area contributed by atoms with Crippen LogP contribution in [0.2, 0.25) is 0 Å². The monoisotopic (exact) mass is 274 g/mol. The van der Waals surface area contributed by atoms with Crippen molar-refractivity contribution in [2.24, 2.45) is 7.05 Å². The maximum atomic E-state index is 12.2. The van der Waals surface area contributed by atoms with Gasteiger partial charge in [0.05, 0.1) is 17.6 Å². The van der Waals surface area contributed by atoms with Crippen molar-refractivity contribution in [1.82, 2.24) is 19.4 Å². The topological polar surface area (TPSA) is 51.9 Å². The Hall–Kier alpha value is -2.04. The molecule has 0 unspecified atom stereocenters. The minimum absolute atomic E-state index is 0.0132. The molecule has 0 bridgehead atoms. The number of nitrogens with zero attached hydrogens (tertiary/aromatic N) is 3. The van der Waals surface area contributed by atoms with Gasteiger partial charge < -0.3 is 14.5 Å². The van der Waals surface area contributed by atoms with Gasteiger partial charge in [-0.25, -0.2) is 4.98 Å². The van der Waals surface area contributed by atoms with Gasteiger partial charge in [0, 0.05) is 37.2 Å². The Bertz CT molecular complexity index is 637. The Balaban J connectivity index is 1.96. The minimum atomic E-state index is -0.0132. The summed E-state index contributed by atoms with van der Waals surface area (Å²) in [4.78, 5) is 16.4. The van der Waals surface area contributed by atoms with Crippen LogP contribution in [0.3, 0.4) is 0 Å². The first-order chi connectivity index (χ1) is 9.41. The SMILES string of the molecule is Cc1ncn(CCNC(=O)c2cc(C)n(C)c2C)c1C. The third kappa shape index (κ3) is 2.61. The van der Waals surface area contributed by atoms with E-state index >= 15 is 0 Å². The van der Waals surface area contributed by atoms with Crippen molar-refractivity contribution in [2.45, 2.75) is 34.2 Å². The molecular weight excluding hydrogens is 252 g/mol. The van der Waals surface area contributed by atoms with E-state index in [0.717, 1.165) is 34.9 Å². The quantitative estimate of drug-likeness (QED) is 0.925. The molecule has 2 aromatic heterocycles. The van der Waals surface area contributed by atoms with Crippen molar-refractivity contribution < 1.29 is 4.79 Å². The zero-order chi connectivity index (χ0) is 14.9. The van der Waals surface area contributed by atoms with Crippen LogP contribution in [-0.2, 0) is 13.6 Å². The molecule has 108 valence electrons. The summed E-state index contributed by atoms with van der Waals surface area (Å²) in [6.07, 6.45) is 1.81. The second-order valence-corrected chi connectivity index (χ2v) is 5.21. The molecular formula is C15H22N4O. The lowest BCUT2D eigenvalue weighted by Gasteiger charge is -2.08. The molecule has 2 heterocycles. The highest BCUT2D eigenvalue weighted by Gasteiger charge is 2.13. The molecule has 0 atom stereocenters. The van der Waals surface area contributed by atoms with E-state index in [9.17, 15) is 4.79 Å². The van der Waals surface area contributed by atoms with E-state index in [0.29, 0.717) is 6.54 Å². The molecule has 0 aliphatic rings. The summed E-state index contributed by atoms with van der Waals surface area (Å²) in [6.45, 7) is 9.33. The van der Waals surface area contributed by atoms with E-state index in [-0.39, 0.29) is 5.91 Å². The predicted molar refractivity (Wildman–Crippen MR) is 78.9 cm³/mol. The van der Waals surface area contributed by atoms with Crippen LogP contribution in [0.25, 0.3) is 0 Å². The fourth-order valence-corrected chi connectivity index (χ4v) is 2.24. The fraction of sp³-hybridized carbons (Fsp3) is 0.467. The zero-order valence-electron chi connectivity index (χ0n) is 12.8. The van der Waals surface area contributed by atoms with Gasteiger partial charge in [-0.05, 0) is 33.8 Å². The van der Waals surface area contributed by atoms with Crippen LogP contribution in [0, 0.1) is 27.7 Å². The van der Waals surface area contributed by atoms with E-state index < -0.39 is 0 Å². The first kappa shape index (κ1) is 14.4. The third-order valence-corrected chi connectivity index (χ3v) is 4.00. The van der Waals surface area contributed by atoms with Gasteiger partial charge in [-0.2, -0.15) is 0 Å². The molecule has 1 amide bonds. The summed E-state index contributed by atoms with van der Waals surface area (Å²) in [5.74, 6) is -0.0132. The van der Waals surface area contributed by atoms with Crippen LogP contribution < -0.4 is 5.32 Å². The third-order valence-electron chi connectivity index (χ3n) is 4.00. The van der Waals surface area contributed by atoms with Gasteiger partial charge in [-0.1, -0.05) is 0 Å². The average Bonchev–Trinajstić information content (AvgIpc) is 2.86. The van der Waals surface area contributed by atoms with Crippen molar-refractivity contribution in [3.05, 3.63) is 40.7 Å². The largest absolute Gasteiger partial charge is 0.351 e. The summed E-state index contributed by atoms with van der Waals surface area (Å²) in [5.41, 5.74) is 5.02. The first-order valence-corrected chi connectivity index (χ1v) is 6.81. The van der Waals surface area contributed by atoms with Crippen molar-refractivity contribution in [2.75, 3.05) is 6.54 Å². The number of rotatable bonds is 4. The van der Waals surface area contributed by atoms with Gasteiger partial charge in [-0.3, -0.25) is 4.79 Å². The molecule has 0 saturated carbocycles. The Morgan fingerprint density at radius 3 is 2.45 bits per heavy atom. The van der Waals surface area contributed by atoms with Crippen molar-refractivity contribution >= 4 is 5.91 Å². The first-order valence-electron chi connectivity index (χ1n) is 6.81. The van der Waals surface area contributed by atoms with Gasteiger partial charge >= 0.3 is 0 Å². The summed E-state index contributed by atoms with van der Waals surface area (Å²) >= 11 is 0. The molecule has 5 heteroatoms. The number of amides is 1. The van der Waals surface area contributed by atoms with Gasteiger partial charge in [0.1, 0.15) is 0 Å². The Morgan fingerprint density at radius 1 is 1.25 bits per heavy atom. The van der Waals surface area contributed by atoms with Gasteiger partial charge in [-0.15, -0.1) is 0 Å². The van der Waals surface area contributed by atoms with Crippen molar-refractivity contribution in [1.29, 1.82) is 0 Å². The van der Waals surface area contributed by atoms with Crippen molar-refractivity contribution in [3.63, 3.8) is 0 Å². The number of hydrogen-bond acceptors (Lipinski definition) is 2. The molecule has 20 heavy (non-hydrogen) atoms. The highest BCUT2D eigenvalue weighted by molar-refractivity contribution is 5.95. The van der Waals surface area contributed by atoms with E-state index in [4.69, 9.17) is 0 Å². The number of nitrogens with one attached hydrogen (secondary N) is 1. The highest BCUT2D eigenvalue weighted by Crippen LogP contribution is 2.12. The Labute approximate surface area is 119 Å². The number of hydrogen-bond donors (Lipinski definition) is 1. The van der Waals surface area contributed by atoms with Crippen LogP contribution in [0.4, 0.5) is 0 Å². The van der Waals surface area contributed by atoms with Gasteiger partial charge in [0.2, 0.25) is 0 Å². The molecule has 0 saturated heterocycles. The normalized spacial score (nSPS) is 10.8. The molecule has 0 aliphatic heterocycles. The predicted octanol–water partition coefficient (Wildman–Crippen LogP) is 1.89. The Kier molecular flexibility index (Phi) is 3.97. The molecule has 1 N–H and O–H groups in total. The molecule has 0 fully saturated rings. The minimum Gasteiger partial charge on any atom is -0.351 e. The van der Waals surface area contributed by atoms with Crippen LogP contribution >= 0.6 is 0 Å². The van der Waals surface area contributed by atoms with Crippen LogP contribution in [0.5, 0.6) is 0 Å². The summed E-state index contributed by atoms with van der Waals surface area (Å²) < 4.78 is 4.08. The number of aromatic nitrogens is 3. The number of carbonyl (C=O) groups is 1. The molecule has 2 aromatic rings. The summed E-state index contributed by atoms with van der Waals surface area (Å²) in [7, 11) is 1.97. The second kappa shape index (κ2) is 5.53. The zero-order valence-corrected chi connectivity index (χ0v) is 12.8. The number of imidazole rings is 1. The smallest absolute Gasteiger partial charge is 0.253 e. The second-order valence-electron chi connectivity index (χ2n) is 5.21. The van der Waals surface area contributed by atoms with Gasteiger partial charge in [0.15, 0.2) is 0 Å². The van der Waals surface area contributed by atoms with E-state index in [1.807, 2.05) is 51.7 Å². The van der Waals surface area contributed by atoms with Crippen LogP contribution in [0.15, 0.2) is 12.4 Å². The average molecular weight is 274 g/mol. The lowest BCUT2D eigenvalue weighted by atomic mass is 10.2. The Morgan fingerprint density at radius 2 is 1.95 bits per heavy atom. The highest BCUT2D eigenvalue weighted by atomic mass is 16.1. The standard InChI is InChI=1S/C15H22N4O/c1-10-8-14(13(4)18(10)5)15(20)16-6-7-19-9-17-11(2)12(19)3/h8-9H,6-7H2,1-5H3,(H,16,20). The maximum Gasteiger partial charge on any atom is 0.253 e. The van der Waals surface area contributed by atoms with Gasteiger partial charge in [0.25, 0.3) is 5.91 Å². The van der Waals surface area contributed by atoms with Crippen molar-refractivity contribution in [3.8, 4) is 0 Å². The van der Waals surface area contributed by atoms with E-state index in [1.165, 1.54) is 0 Å². The van der Waals surface area contributed by atoms with E-state index in [1.54, 1.807) is 0 Å². The number of aryl methyl sites for hydroxylation is 2. The van der Waals surface area contributed by atoms with E-state index in [2.05, 4.69) is 14.9 Å². The molecule has 0 spiro atoms. The summed E-state index contributed by atoms with van der Waals surface area (Å²) in [5, 5.41) is 2.96. The maximum absolute atomic E-state index is 12.2. The number of carbonyl (C=O) groups excluding carboxylic acids is 1. The molecule has 0 aliphatic carbocycles. The molecule has 0 aromatic carbocycles.